The number of sulfonamides is 1. The summed E-state index contributed by atoms with van der Waals surface area (Å²) in [5, 5.41) is 9.96. The van der Waals surface area contributed by atoms with Crippen LogP contribution in [0.5, 0.6) is 0 Å². The molecule has 0 heterocycles. The van der Waals surface area contributed by atoms with Gasteiger partial charge in [-0.2, -0.15) is 0 Å². The summed E-state index contributed by atoms with van der Waals surface area (Å²) in [6.45, 7) is -0.0479. The Kier molecular flexibility index (Phi) is 5.16. The molecule has 0 spiro atoms. The summed E-state index contributed by atoms with van der Waals surface area (Å²) in [7, 11) is -6.25. The molecule has 0 bridgehead atoms. The molecule has 0 amide bonds. The van der Waals surface area contributed by atoms with Crippen LogP contribution in [-0.4, -0.2) is 57.1 Å². The monoisotopic (exact) mass is 273 g/mol. The molecule has 10 heteroatoms. The summed E-state index contributed by atoms with van der Waals surface area (Å²) in [5.41, 5.74) is 5.15. The van der Waals surface area contributed by atoms with Crippen molar-refractivity contribution >= 4 is 25.7 Å². The highest BCUT2D eigenvalue weighted by atomic mass is 32.3. The summed E-state index contributed by atoms with van der Waals surface area (Å²) < 4.78 is 45.5. The minimum absolute atomic E-state index is 0.0238. The van der Waals surface area contributed by atoms with Crippen LogP contribution in [0.3, 0.4) is 0 Å². The van der Waals surface area contributed by atoms with Crippen molar-refractivity contribution in [1.29, 1.82) is 0 Å². The standard InChI is InChI=1S/C6H15N3O5S2/c1-9(4-3-6(7)8-10)16(13,14)5-15(2,11)12/h10H,3-5H2,1-2H3,(H2,7,8). The Bertz CT molecular complexity index is 453. The summed E-state index contributed by atoms with van der Waals surface area (Å²) >= 11 is 0. The Labute approximate surface area is 94.7 Å². The van der Waals surface area contributed by atoms with Gasteiger partial charge in [0.2, 0.25) is 10.0 Å². The van der Waals surface area contributed by atoms with Crippen molar-refractivity contribution in [2.24, 2.45) is 10.9 Å². The van der Waals surface area contributed by atoms with Gasteiger partial charge in [-0.3, -0.25) is 0 Å². The first-order valence-corrected chi connectivity index (χ1v) is 7.83. The van der Waals surface area contributed by atoms with E-state index in [2.05, 4.69) is 5.16 Å². The van der Waals surface area contributed by atoms with Gasteiger partial charge in [0, 0.05) is 26.3 Å². The lowest BCUT2D eigenvalue weighted by molar-refractivity contribution is 0.316. The molecule has 0 aliphatic rings. The number of amidine groups is 1. The average molecular weight is 273 g/mol. The van der Waals surface area contributed by atoms with E-state index in [0.717, 1.165) is 10.6 Å². The maximum atomic E-state index is 11.5. The van der Waals surface area contributed by atoms with Gasteiger partial charge in [0.05, 0.1) is 0 Å². The predicted molar refractivity (Wildman–Crippen MR) is 59.3 cm³/mol. The van der Waals surface area contributed by atoms with Crippen LogP contribution < -0.4 is 5.73 Å². The normalized spacial score (nSPS) is 14.3. The molecule has 16 heavy (non-hydrogen) atoms. The summed E-state index contributed by atoms with van der Waals surface area (Å²) in [4.78, 5) is 0. The smallest absolute Gasteiger partial charge is 0.228 e. The minimum Gasteiger partial charge on any atom is -0.409 e. The second-order valence-electron chi connectivity index (χ2n) is 3.32. The molecule has 0 aliphatic heterocycles. The average Bonchev–Trinajstić information content (AvgIpc) is 2.09. The Balaban J connectivity index is 4.55. The zero-order chi connectivity index (χ0) is 13.0. The van der Waals surface area contributed by atoms with Crippen LogP contribution in [0.4, 0.5) is 0 Å². The number of rotatable bonds is 6. The van der Waals surface area contributed by atoms with Crippen molar-refractivity contribution < 1.29 is 22.0 Å². The van der Waals surface area contributed by atoms with Crippen molar-refractivity contribution in [2.45, 2.75) is 6.42 Å². The quantitative estimate of drug-likeness (QED) is 0.259. The zero-order valence-electron chi connectivity index (χ0n) is 8.99. The molecule has 0 radical (unpaired) electrons. The highest BCUT2D eigenvalue weighted by molar-refractivity contribution is 8.06. The fraction of sp³-hybridized carbons (Fsp3) is 0.833. The summed E-state index contributed by atoms with van der Waals surface area (Å²) in [5.74, 6) is -0.124. The lowest BCUT2D eigenvalue weighted by Gasteiger charge is -2.15. The van der Waals surface area contributed by atoms with Crippen LogP contribution in [-0.2, 0) is 19.9 Å². The van der Waals surface area contributed by atoms with E-state index in [1.165, 1.54) is 7.05 Å². The first kappa shape index (κ1) is 15.1. The van der Waals surface area contributed by atoms with Crippen LogP contribution in [0.25, 0.3) is 0 Å². The van der Waals surface area contributed by atoms with E-state index in [1.54, 1.807) is 0 Å². The molecule has 0 aromatic rings. The van der Waals surface area contributed by atoms with Crippen molar-refractivity contribution in [1.82, 2.24) is 4.31 Å². The van der Waals surface area contributed by atoms with Gasteiger partial charge >= 0.3 is 0 Å². The lowest BCUT2D eigenvalue weighted by Crippen LogP contribution is -2.34. The maximum absolute atomic E-state index is 11.5. The molecule has 0 unspecified atom stereocenters. The van der Waals surface area contributed by atoms with Crippen LogP contribution >= 0.6 is 0 Å². The molecule has 0 atom stereocenters. The number of sulfone groups is 1. The third kappa shape index (κ3) is 5.88. The van der Waals surface area contributed by atoms with Gasteiger partial charge < -0.3 is 10.9 Å². The molecule has 3 N–H and O–H groups in total. The third-order valence-corrected chi connectivity index (χ3v) is 5.69. The van der Waals surface area contributed by atoms with E-state index in [9.17, 15) is 16.8 Å². The Morgan fingerprint density at radius 3 is 2.25 bits per heavy atom. The summed E-state index contributed by atoms with van der Waals surface area (Å²) in [6, 6.07) is 0. The Hall–Kier alpha value is -0.870. The molecule has 96 valence electrons. The summed E-state index contributed by atoms with van der Waals surface area (Å²) in [6.07, 6.45) is 0.859. The molecule has 0 aromatic carbocycles. The van der Waals surface area contributed by atoms with Gasteiger partial charge in [-0.05, 0) is 0 Å². The minimum atomic E-state index is -3.87. The fourth-order valence-corrected chi connectivity index (χ4v) is 4.08. The molecule has 0 saturated heterocycles. The van der Waals surface area contributed by atoms with Gasteiger partial charge in [0.15, 0.2) is 14.9 Å². The van der Waals surface area contributed by atoms with E-state index >= 15 is 0 Å². The molecule has 0 rings (SSSR count). The molecule has 0 saturated carbocycles. The number of hydrogen-bond acceptors (Lipinski definition) is 6. The first-order chi connectivity index (χ1) is 7.08. The van der Waals surface area contributed by atoms with Gasteiger partial charge in [-0.25, -0.2) is 21.1 Å². The van der Waals surface area contributed by atoms with Crippen molar-refractivity contribution in [3.63, 3.8) is 0 Å². The molecule has 0 aromatic heterocycles. The predicted octanol–water partition coefficient (Wildman–Crippen LogP) is -1.61. The number of nitrogens with two attached hydrogens (primary N) is 1. The van der Waals surface area contributed by atoms with Crippen molar-refractivity contribution in [3.05, 3.63) is 0 Å². The number of nitrogens with zero attached hydrogens (tertiary/aromatic N) is 2. The highest BCUT2D eigenvalue weighted by Gasteiger charge is 2.23. The zero-order valence-corrected chi connectivity index (χ0v) is 10.6. The second kappa shape index (κ2) is 5.46. The van der Waals surface area contributed by atoms with E-state index in [4.69, 9.17) is 10.9 Å². The maximum Gasteiger partial charge on any atom is 0.228 e. The van der Waals surface area contributed by atoms with E-state index < -0.39 is 24.9 Å². The van der Waals surface area contributed by atoms with Crippen LogP contribution in [0.2, 0.25) is 0 Å². The van der Waals surface area contributed by atoms with Gasteiger partial charge in [0.1, 0.15) is 5.84 Å². The van der Waals surface area contributed by atoms with Crippen LogP contribution in [0.1, 0.15) is 6.42 Å². The Morgan fingerprint density at radius 2 is 1.88 bits per heavy atom. The molecule has 0 aliphatic carbocycles. The SMILES string of the molecule is CN(CCC(N)=NO)S(=O)(=O)CS(C)(=O)=O. The van der Waals surface area contributed by atoms with Gasteiger partial charge in [0.25, 0.3) is 0 Å². The molecule has 0 fully saturated rings. The van der Waals surface area contributed by atoms with Crippen LogP contribution in [0.15, 0.2) is 5.16 Å². The molecular formula is C6H15N3O5S2. The first-order valence-electron chi connectivity index (χ1n) is 4.16. The topological polar surface area (TPSA) is 130 Å². The third-order valence-electron chi connectivity index (χ3n) is 1.65. The molecular weight excluding hydrogens is 258 g/mol. The second-order valence-corrected chi connectivity index (χ2v) is 7.90. The van der Waals surface area contributed by atoms with E-state index in [0.29, 0.717) is 0 Å². The van der Waals surface area contributed by atoms with Crippen molar-refractivity contribution in [3.8, 4) is 0 Å². The molecule has 8 nitrogen and oxygen atoms in total. The van der Waals surface area contributed by atoms with Gasteiger partial charge in [-0.15, -0.1) is 0 Å². The largest absolute Gasteiger partial charge is 0.409 e. The number of oxime groups is 1. The Morgan fingerprint density at radius 1 is 1.38 bits per heavy atom. The number of hydrogen-bond donors (Lipinski definition) is 2. The van der Waals surface area contributed by atoms with E-state index in [1.807, 2.05) is 0 Å². The lowest BCUT2D eigenvalue weighted by atomic mass is 10.4. The van der Waals surface area contributed by atoms with Crippen LogP contribution in [0, 0.1) is 0 Å². The van der Waals surface area contributed by atoms with Crippen molar-refractivity contribution in [2.75, 3.05) is 24.9 Å². The highest BCUT2D eigenvalue weighted by Crippen LogP contribution is 2.02. The van der Waals surface area contributed by atoms with Gasteiger partial charge in [-0.1, -0.05) is 5.16 Å². The van der Waals surface area contributed by atoms with E-state index in [-0.39, 0.29) is 18.8 Å². The fourth-order valence-electron chi connectivity index (χ4n) is 0.822.